The molecular formula is C14H16Cl2N2O. The monoisotopic (exact) mass is 298 g/mol. The van der Waals surface area contributed by atoms with E-state index in [0.29, 0.717) is 22.0 Å². The smallest absolute Gasteiger partial charge is 0.0860 e. The van der Waals surface area contributed by atoms with E-state index in [2.05, 4.69) is 5.10 Å². The van der Waals surface area contributed by atoms with Gasteiger partial charge < -0.3 is 5.11 Å². The van der Waals surface area contributed by atoms with Crippen molar-refractivity contribution in [3.63, 3.8) is 0 Å². The summed E-state index contributed by atoms with van der Waals surface area (Å²) in [6.07, 6.45) is -0.287. The summed E-state index contributed by atoms with van der Waals surface area (Å²) in [7, 11) is 0. The summed E-state index contributed by atoms with van der Waals surface area (Å²) in [4.78, 5) is 0. The predicted molar refractivity (Wildman–Crippen MR) is 77.8 cm³/mol. The van der Waals surface area contributed by atoms with Crippen molar-refractivity contribution < 1.29 is 5.11 Å². The van der Waals surface area contributed by atoms with E-state index in [4.69, 9.17) is 23.2 Å². The molecule has 1 atom stereocenters. The van der Waals surface area contributed by atoms with Gasteiger partial charge in [0.2, 0.25) is 0 Å². The molecule has 0 aliphatic rings. The molecule has 2 aromatic rings. The third kappa shape index (κ3) is 2.94. The molecule has 0 radical (unpaired) electrons. The lowest BCUT2D eigenvalue weighted by Gasteiger charge is -2.13. The van der Waals surface area contributed by atoms with Crippen LogP contribution < -0.4 is 0 Å². The number of aliphatic hydroxyl groups is 1. The highest BCUT2D eigenvalue weighted by molar-refractivity contribution is 6.32. The van der Waals surface area contributed by atoms with Crippen LogP contribution in [0.2, 0.25) is 10.0 Å². The summed E-state index contributed by atoms with van der Waals surface area (Å²) < 4.78 is 1.82. The van der Waals surface area contributed by atoms with Crippen LogP contribution in [0.3, 0.4) is 0 Å². The molecule has 0 bridgehead atoms. The fourth-order valence-corrected chi connectivity index (χ4v) is 2.58. The van der Waals surface area contributed by atoms with Gasteiger partial charge in [-0.15, -0.1) is 0 Å². The molecule has 5 heteroatoms. The molecule has 1 aromatic carbocycles. The van der Waals surface area contributed by atoms with Crippen molar-refractivity contribution >= 4 is 23.2 Å². The minimum Gasteiger partial charge on any atom is -0.388 e. The van der Waals surface area contributed by atoms with Crippen LogP contribution in [0.1, 0.15) is 30.0 Å². The SMILES string of the molecule is CCn1nc(C)c(Cl)c1CC(O)c1ccccc1Cl. The van der Waals surface area contributed by atoms with Gasteiger partial charge in [-0.2, -0.15) is 5.10 Å². The van der Waals surface area contributed by atoms with Gasteiger partial charge in [0, 0.05) is 18.0 Å². The molecule has 19 heavy (non-hydrogen) atoms. The molecule has 1 N–H and O–H groups in total. The number of aliphatic hydroxyl groups excluding tert-OH is 1. The Morgan fingerprint density at radius 1 is 1.32 bits per heavy atom. The molecule has 1 aromatic heterocycles. The van der Waals surface area contributed by atoms with E-state index in [1.54, 1.807) is 6.07 Å². The van der Waals surface area contributed by atoms with Crippen LogP contribution in [0.5, 0.6) is 0 Å². The number of hydrogen-bond acceptors (Lipinski definition) is 2. The molecule has 0 saturated heterocycles. The zero-order valence-corrected chi connectivity index (χ0v) is 12.4. The fourth-order valence-electron chi connectivity index (χ4n) is 2.10. The summed E-state index contributed by atoms with van der Waals surface area (Å²) >= 11 is 12.3. The summed E-state index contributed by atoms with van der Waals surface area (Å²) in [6.45, 7) is 4.58. The second kappa shape index (κ2) is 5.95. The van der Waals surface area contributed by atoms with Gasteiger partial charge >= 0.3 is 0 Å². The number of nitrogens with zero attached hydrogens (tertiary/aromatic N) is 2. The maximum Gasteiger partial charge on any atom is 0.0860 e. The molecule has 0 amide bonds. The molecule has 3 nitrogen and oxygen atoms in total. The number of aryl methyl sites for hydroxylation is 2. The van der Waals surface area contributed by atoms with E-state index in [1.165, 1.54) is 0 Å². The van der Waals surface area contributed by atoms with Gasteiger partial charge in [0.25, 0.3) is 0 Å². The van der Waals surface area contributed by atoms with Gasteiger partial charge in [0.05, 0.1) is 22.5 Å². The third-order valence-corrected chi connectivity index (χ3v) is 3.94. The molecule has 0 aliphatic carbocycles. The molecule has 1 unspecified atom stereocenters. The van der Waals surface area contributed by atoms with Gasteiger partial charge in [0.1, 0.15) is 0 Å². The molecule has 102 valence electrons. The van der Waals surface area contributed by atoms with Crippen LogP contribution in [0.15, 0.2) is 24.3 Å². The van der Waals surface area contributed by atoms with Crippen LogP contribution in [0, 0.1) is 6.92 Å². The Morgan fingerprint density at radius 2 is 2.00 bits per heavy atom. The molecule has 2 rings (SSSR count). The molecular weight excluding hydrogens is 283 g/mol. The highest BCUT2D eigenvalue weighted by atomic mass is 35.5. The molecule has 0 fully saturated rings. The summed E-state index contributed by atoms with van der Waals surface area (Å²) in [5.41, 5.74) is 2.33. The maximum absolute atomic E-state index is 10.3. The van der Waals surface area contributed by atoms with Crippen molar-refractivity contribution in [1.82, 2.24) is 9.78 Å². The number of halogens is 2. The third-order valence-electron chi connectivity index (χ3n) is 3.10. The molecule has 1 heterocycles. The number of hydrogen-bond donors (Lipinski definition) is 1. The second-order valence-electron chi connectivity index (χ2n) is 4.40. The molecule has 0 aliphatic heterocycles. The zero-order chi connectivity index (χ0) is 14.0. The quantitative estimate of drug-likeness (QED) is 0.932. The average Bonchev–Trinajstić information content (AvgIpc) is 2.67. The van der Waals surface area contributed by atoms with Crippen LogP contribution in [-0.4, -0.2) is 14.9 Å². The van der Waals surface area contributed by atoms with E-state index in [1.807, 2.05) is 36.7 Å². The van der Waals surface area contributed by atoms with Gasteiger partial charge in [0.15, 0.2) is 0 Å². The van der Waals surface area contributed by atoms with Crippen molar-refractivity contribution in [1.29, 1.82) is 0 Å². The Bertz CT molecular complexity index is 581. The maximum atomic E-state index is 10.3. The van der Waals surface area contributed by atoms with Gasteiger partial charge in [-0.25, -0.2) is 0 Å². The predicted octanol–water partition coefficient (Wildman–Crippen LogP) is 3.79. The Hall–Kier alpha value is -1.03. The van der Waals surface area contributed by atoms with E-state index in [-0.39, 0.29) is 0 Å². The second-order valence-corrected chi connectivity index (χ2v) is 5.19. The first-order valence-electron chi connectivity index (χ1n) is 6.18. The van der Waals surface area contributed by atoms with Crippen molar-refractivity contribution in [3.05, 3.63) is 51.3 Å². The van der Waals surface area contributed by atoms with Crippen LogP contribution in [0.25, 0.3) is 0 Å². The number of rotatable bonds is 4. The minimum absolute atomic E-state index is 0.400. The lowest BCUT2D eigenvalue weighted by molar-refractivity contribution is 0.175. The van der Waals surface area contributed by atoms with Gasteiger partial charge in [-0.3, -0.25) is 4.68 Å². The average molecular weight is 299 g/mol. The summed E-state index contributed by atoms with van der Waals surface area (Å²) in [6, 6.07) is 7.28. The highest BCUT2D eigenvalue weighted by Gasteiger charge is 2.18. The van der Waals surface area contributed by atoms with Crippen molar-refractivity contribution in [2.24, 2.45) is 0 Å². The van der Waals surface area contributed by atoms with E-state index in [9.17, 15) is 5.11 Å². The van der Waals surface area contributed by atoms with Gasteiger partial charge in [-0.05, 0) is 25.5 Å². The number of benzene rings is 1. The Balaban J connectivity index is 2.29. The first-order chi connectivity index (χ1) is 9.04. The Morgan fingerprint density at radius 3 is 2.63 bits per heavy atom. The minimum atomic E-state index is -0.687. The molecule has 0 saturated carbocycles. The Kier molecular flexibility index (Phi) is 4.50. The normalized spacial score (nSPS) is 12.7. The summed E-state index contributed by atoms with van der Waals surface area (Å²) in [5, 5.41) is 15.8. The van der Waals surface area contributed by atoms with Crippen molar-refractivity contribution in [2.75, 3.05) is 0 Å². The van der Waals surface area contributed by atoms with E-state index < -0.39 is 6.10 Å². The Labute approximate surface area is 122 Å². The van der Waals surface area contributed by atoms with E-state index in [0.717, 1.165) is 17.9 Å². The highest BCUT2D eigenvalue weighted by Crippen LogP contribution is 2.29. The van der Waals surface area contributed by atoms with Crippen LogP contribution in [-0.2, 0) is 13.0 Å². The topological polar surface area (TPSA) is 38.0 Å². The van der Waals surface area contributed by atoms with Crippen molar-refractivity contribution in [3.8, 4) is 0 Å². The summed E-state index contributed by atoms with van der Waals surface area (Å²) in [5.74, 6) is 0. The zero-order valence-electron chi connectivity index (χ0n) is 10.9. The largest absolute Gasteiger partial charge is 0.388 e. The van der Waals surface area contributed by atoms with Crippen LogP contribution >= 0.6 is 23.2 Å². The van der Waals surface area contributed by atoms with Gasteiger partial charge in [-0.1, -0.05) is 41.4 Å². The van der Waals surface area contributed by atoms with E-state index >= 15 is 0 Å². The molecule has 0 spiro atoms. The first kappa shape index (κ1) is 14.4. The lowest BCUT2D eigenvalue weighted by Crippen LogP contribution is -2.09. The fraction of sp³-hybridized carbons (Fsp3) is 0.357. The first-order valence-corrected chi connectivity index (χ1v) is 6.94. The van der Waals surface area contributed by atoms with Crippen molar-refractivity contribution in [2.45, 2.75) is 32.9 Å². The number of aromatic nitrogens is 2. The van der Waals surface area contributed by atoms with Crippen LogP contribution in [0.4, 0.5) is 0 Å². The standard InChI is InChI=1S/C14H16Cl2N2O/c1-3-18-12(14(16)9(2)17-18)8-13(19)10-6-4-5-7-11(10)15/h4-7,13,19H,3,8H2,1-2H3. The lowest BCUT2D eigenvalue weighted by atomic mass is 10.0.